The minimum Gasteiger partial charge on any atom is -0.405 e. The molecule has 6 heteroatoms. The second-order valence-electron chi connectivity index (χ2n) is 5.72. The zero-order valence-corrected chi connectivity index (χ0v) is 11.5. The van der Waals surface area contributed by atoms with Gasteiger partial charge in [0.15, 0.2) is 0 Å². The largest absolute Gasteiger partial charge is 0.497 e. The van der Waals surface area contributed by atoms with Gasteiger partial charge in [-0.2, -0.15) is 0 Å². The number of hydrogen-bond donors (Lipinski definition) is 1. The smallest absolute Gasteiger partial charge is 0.405 e. The molecule has 0 radical (unpaired) electrons. The van der Waals surface area contributed by atoms with Crippen LogP contribution in [0.15, 0.2) is 16.7 Å². The van der Waals surface area contributed by atoms with Crippen LogP contribution in [-0.2, 0) is 14.0 Å². The summed E-state index contributed by atoms with van der Waals surface area (Å²) in [6.45, 7) is 9.40. The number of hydrogen-bond acceptors (Lipinski definition) is 5. The van der Waals surface area contributed by atoms with Crippen molar-refractivity contribution in [1.29, 1.82) is 0 Å². The third-order valence-corrected chi connectivity index (χ3v) is 3.77. The van der Waals surface area contributed by atoms with Gasteiger partial charge in [0.1, 0.15) is 0 Å². The van der Waals surface area contributed by atoms with Gasteiger partial charge in [-0.25, -0.2) is 0 Å². The van der Waals surface area contributed by atoms with E-state index in [4.69, 9.17) is 19.8 Å². The molecule has 0 spiro atoms. The monoisotopic (exact) mass is 252 g/mol. The molecule has 0 unspecified atom stereocenters. The van der Waals surface area contributed by atoms with Crippen LogP contribution in [0, 0.1) is 0 Å². The van der Waals surface area contributed by atoms with Gasteiger partial charge in [-0.1, -0.05) is 0 Å². The number of allylic oxidation sites excluding steroid dienone is 1. The predicted octanol–water partition coefficient (Wildman–Crippen LogP) is 0.930. The van der Waals surface area contributed by atoms with Gasteiger partial charge in [-0.15, -0.1) is 0 Å². The number of rotatable bonds is 3. The van der Waals surface area contributed by atoms with Gasteiger partial charge >= 0.3 is 7.12 Å². The van der Waals surface area contributed by atoms with Crippen LogP contribution in [0.2, 0.25) is 0 Å². The van der Waals surface area contributed by atoms with Crippen LogP contribution in [0.4, 0.5) is 0 Å². The highest BCUT2D eigenvalue weighted by molar-refractivity contribution is 6.60. The lowest BCUT2D eigenvalue weighted by Crippen LogP contribution is -2.41. The first kappa shape index (κ1) is 13.6. The highest BCUT2D eigenvalue weighted by atomic mass is 16.7. The Balaban J connectivity index is 2.04. The summed E-state index contributed by atoms with van der Waals surface area (Å²) in [6.07, 6.45) is 3.22. The summed E-state index contributed by atoms with van der Waals surface area (Å²) in [5.41, 5.74) is 5.66. The van der Waals surface area contributed by atoms with E-state index in [0.717, 1.165) is 5.47 Å². The maximum atomic E-state index is 5.91. The van der Waals surface area contributed by atoms with Crippen molar-refractivity contribution in [3.05, 3.63) is 11.7 Å². The molecule has 100 valence electrons. The first-order valence-electron chi connectivity index (χ1n) is 6.24. The van der Waals surface area contributed by atoms with E-state index in [1.807, 2.05) is 27.7 Å². The van der Waals surface area contributed by atoms with E-state index in [0.29, 0.717) is 13.2 Å². The SMILES string of the molecule is CC1(C)OB(C(C=NC2COC2)=CN)OC1(C)C. The Morgan fingerprint density at radius 1 is 1.22 bits per heavy atom. The van der Waals surface area contributed by atoms with Crippen molar-refractivity contribution in [2.24, 2.45) is 10.7 Å². The number of aliphatic imine (C=N–C) groups is 1. The summed E-state index contributed by atoms with van der Waals surface area (Å²) in [6, 6.07) is 0.238. The van der Waals surface area contributed by atoms with Crippen molar-refractivity contribution in [1.82, 2.24) is 0 Å². The maximum Gasteiger partial charge on any atom is 0.497 e. The third kappa shape index (κ3) is 2.46. The lowest BCUT2D eigenvalue weighted by molar-refractivity contribution is 0.00578. The van der Waals surface area contributed by atoms with E-state index < -0.39 is 7.12 Å². The third-order valence-electron chi connectivity index (χ3n) is 3.77. The van der Waals surface area contributed by atoms with Gasteiger partial charge in [-0.05, 0) is 33.9 Å². The van der Waals surface area contributed by atoms with Gasteiger partial charge in [-0.3, -0.25) is 4.99 Å². The minimum atomic E-state index is -0.454. The normalized spacial score (nSPS) is 27.8. The van der Waals surface area contributed by atoms with Crippen LogP contribution in [-0.4, -0.2) is 43.8 Å². The highest BCUT2D eigenvalue weighted by Gasteiger charge is 2.52. The fourth-order valence-electron chi connectivity index (χ4n) is 1.66. The zero-order chi connectivity index (χ0) is 13.4. The summed E-state index contributed by atoms with van der Waals surface area (Å²) >= 11 is 0. The van der Waals surface area contributed by atoms with Crippen molar-refractivity contribution in [2.75, 3.05) is 13.2 Å². The van der Waals surface area contributed by atoms with E-state index in [-0.39, 0.29) is 17.2 Å². The summed E-state index contributed by atoms with van der Waals surface area (Å²) in [7, 11) is -0.454. The van der Waals surface area contributed by atoms with E-state index in [2.05, 4.69) is 4.99 Å². The lowest BCUT2D eigenvalue weighted by atomic mass is 9.79. The summed E-state index contributed by atoms with van der Waals surface area (Å²) in [5, 5.41) is 0. The number of nitrogens with zero attached hydrogens (tertiary/aromatic N) is 1. The molecular weight excluding hydrogens is 231 g/mol. The Hall–Kier alpha value is -0.845. The molecule has 2 rings (SSSR count). The van der Waals surface area contributed by atoms with Crippen molar-refractivity contribution in [2.45, 2.75) is 44.9 Å². The summed E-state index contributed by atoms with van der Waals surface area (Å²) in [4.78, 5) is 4.38. The molecular formula is C12H21BN2O3. The molecule has 5 nitrogen and oxygen atoms in total. The Labute approximate surface area is 109 Å². The first-order valence-corrected chi connectivity index (χ1v) is 6.24. The Kier molecular flexibility index (Phi) is 3.53. The summed E-state index contributed by atoms with van der Waals surface area (Å²) in [5.74, 6) is 0. The van der Waals surface area contributed by atoms with Crippen LogP contribution in [0.1, 0.15) is 27.7 Å². The van der Waals surface area contributed by atoms with Crippen molar-refractivity contribution in [3.63, 3.8) is 0 Å². The fraction of sp³-hybridized carbons (Fsp3) is 0.750. The molecule has 18 heavy (non-hydrogen) atoms. The van der Waals surface area contributed by atoms with Crippen molar-refractivity contribution < 1.29 is 14.0 Å². The van der Waals surface area contributed by atoms with E-state index in [1.165, 1.54) is 6.20 Å². The zero-order valence-electron chi connectivity index (χ0n) is 11.5. The van der Waals surface area contributed by atoms with Crippen LogP contribution in [0.25, 0.3) is 0 Å². The van der Waals surface area contributed by atoms with E-state index >= 15 is 0 Å². The van der Waals surface area contributed by atoms with Crippen LogP contribution < -0.4 is 5.73 Å². The van der Waals surface area contributed by atoms with Gasteiger partial charge < -0.3 is 19.8 Å². The highest BCUT2D eigenvalue weighted by Crippen LogP contribution is 2.38. The molecule has 0 aromatic rings. The second kappa shape index (κ2) is 4.68. The molecule has 2 saturated heterocycles. The molecule has 0 aromatic carbocycles. The molecule has 2 aliphatic rings. The average Bonchev–Trinajstić information content (AvgIpc) is 2.40. The Bertz CT molecular complexity index is 360. The maximum absolute atomic E-state index is 5.91. The van der Waals surface area contributed by atoms with E-state index in [9.17, 15) is 0 Å². The molecule has 2 aliphatic heterocycles. The molecule has 0 amide bonds. The minimum absolute atomic E-state index is 0.238. The van der Waals surface area contributed by atoms with E-state index in [1.54, 1.807) is 6.21 Å². The second-order valence-corrected chi connectivity index (χ2v) is 5.72. The Morgan fingerprint density at radius 3 is 2.17 bits per heavy atom. The lowest BCUT2D eigenvalue weighted by Gasteiger charge is -2.32. The quantitative estimate of drug-likeness (QED) is 0.599. The van der Waals surface area contributed by atoms with Gasteiger partial charge in [0.25, 0.3) is 0 Å². The molecule has 2 fully saturated rings. The van der Waals surface area contributed by atoms with Gasteiger partial charge in [0, 0.05) is 11.7 Å². The molecule has 0 saturated carbocycles. The number of nitrogens with two attached hydrogens (primary N) is 1. The predicted molar refractivity (Wildman–Crippen MR) is 71.5 cm³/mol. The van der Waals surface area contributed by atoms with Crippen LogP contribution in [0.5, 0.6) is 0 Å². The standard InChI is InChI=1S/C12H21BN2O3/c1-11(2)12(3,4)18-13(17-11)9(5-14)6-15-10-7-16-8-10/h5-6,10H,7-8,14H2,1-4H3. The number of ether oxygens (including phenoxy) is 1. The Morgan fingerprint density at radius 2 is 1.78 bits per heavy atom. The van der Waals surface area contributed by atoms with Crippen molar-refractivity contribution >= 4 is 13.3 Å². The molecule has 0 aliphatic carbocycles. The summed E-state index contributed by atoms with van der Waals surface area (Å²) < 4.78 is 16.9. The average molecular weight is 252 g/mol. The molecule has 2 N–H and O–H groups in total. The topological polar surface area (TPSA) is 66.1 Å². The first-order chi connectivity index (χ1) is 8.36. The molecule has 0 atom stereocenters. The van der Waals surface area contributed by atoms with Gasteiger partial charge in [0.2, 0.25) is 0 Å². The molecule has 0 bridgehead atoms. The van der Waals surface area contributed by atoms with Crippen molar-refractivity contribution in [3.8, 4) is 0 Å². The van der Waals surface area contributed by atoms with Gasteiger partial charge in [0.05, 0.1) is 30.5 Å². The fourth-order valence-corrected chi connectivity index (χ4v) is 1.66. The van der Waals surface area contributed by atoms with Crippen LogP contribution >= 0.6 is 0 Å². The molecule has 2 heterocycles. The molecule has 0 aromatic heterocycles. The van der Waals surface area contributed by atoms with Crippen LogP contribution in [0.3, 0.4) is 0 Å².